The molecular formula is C15H14Cl3NO. The van der Waals surface area contributed by atoms with Gasteiger partial charge in [-0.2, -0.15) is 0 Å². The van der Waals surface area contributed by atoms with Gasteiger partial charge in [0.1, 0.15) is 12.4 Å². The lowest BCUT2D eigenvalue weighted by molar-refractivity contribution is 0.303. The smallest absolute Gasteiger partial charge is 0.141 e. The first-order valence-electron chi connectivity index (χ1n) is 6.16. The molecule has 0 aromatic heterocycles. The molecule has 0 fully saturated rings. The minimum absolute atomic E-state index is 0.331. The third-order valence-electron chi connectivity index (χ3n) is 2.85. The first-order valence-corrected chi connectivity index (χ1v) is 7.29. The topological polar surface area (TPSA) is 35.2 Å². The second kappa shape index (κ2) is 7.19. The Labute approximate surface area is 133 Å². The van der Waals surface area contributed by atoms with Gasteiger partial charge in [-0.1, -0.05) is 53.0 Å². The molecule has 20 heavy (non-hydrogen) atoms. The molecule has 0 bridgehead atoms. The lowest BCUT2D eigenvalue weighted by Crippen LogP contribution is -2.06. The molecule has 2 rings (SSSR count). The molecule has 0 aliphatic heterocycles. The number of para-hydroxylation sites is 1. The van der Waals surface area contributed by atoms with Crippen molar-refractivity contribution in [1.29, 1.82) is 0 Å². The minimum Gasteiger partial charge on any atom is -0.487 e. The van der Waals surface area contributed by atoms with E-state index in [2.05, 4.69) is 0 Å². The molecule has 2 nitrogen and oxygen atoms in total. The summed E-state index contributed by atoms with van der Waals surface area (Å²) < 4.78 is 5.81. The zero-order valence-electron chi connectivity index (χ0n) is 10.7. The Morgan fingerprint density at radius 2 is 1.75 bits per heavy atom. The largest absolute Gasteiger partial charge is 0.487 e. The second-order valence-corrected chi connectivity index (χ2v) is 5.54. The van der Waals surface area contributed by atoms with Gasteiger partial charge in [-0.3, -0.25) is 0 Å². The van der Waals surface area contributed by atoms with E-state index in [1.165, 1.54) is 0 Å². The molecular weight excluding hydrogens is 317 g/mol. The van der Waals surface area contributed by atoms with E-state index < -0.39 is 0 Å². The third kappa shape index (κ3) is 3.80. The quantitative estimate of drug-likeness (QED) is 0.860. The van der Waals surface area contributed by atoms with Crippen molar-refractivity contribution in [3.05, 3.63) is 62.6 Å². The molecule has 0 saturated heterocycles. The van der Waals surface area contributed by atoms with Gasteiger partial charge >= 0.3 is 0 Å². The summed E-state index contributed by atoms with van der Waals surface area (Å²) in [6, 6.07) is 10.9. The fourth-order valence-corrected chi connectivity index (χ4v) is 2.57. The Morgan fingerprint density at radius 1 is 0.950 bits per heavy atom. The predicted molar refractivity (Wildman–Crippen MR) is 85.0 cm³/mol. The predicted octanol–water partition coefficient (Wildman–Crippen LogP) is 4.73. The van der Waals surface area contributed by atoms with Gasteiger partial charge in [-0.15, -0.1) is 0 Å². The van der Waals surface area contributed by atoms with Crippen molar-refractivity contribution in [3.8, 4) is 5.75 Å². The second-order valence-electron chi connectivity index (χ2n) is 4.29. The van der Waals surface area contributed by atoms with Crippen molar-refractivity contribution in [1.82, 2.24) is 0 Å². The zero-order chi connectivity index (χ0) is 14.5. The van der Waals surface area contributed by atoms with Gasteiger partial charge in [0.25, 0.3) is 0 Å². The molecule has 0 spiro atoms. The molecule has 0 atom stereocenters. The highest BCUT2D eigenvalue weighted by molar-refractivity contribution is 6.35. The fraction of sp³-hybridized carbons (Fsp3) is 0.200. The lowest BCUT2D eigenvalue weighted by atomic mass is 10.1. The van der Waals surface area contributed by atoms with Gasteiger partial charge < -0.3 is 10.5 Å². The summed E-state index contributed by atoms with van der Waals surface area (Å²) in [5, 5.41) is 1.74. The molecule has 2 aromatic carbocycles. The molecule has 0 aliphatic carbocycles. The summed E-state index contributed by atoms with van der Waals surface area (Å²) in [6.45, 7) is 0.871. The van der Waals surface area contributed by atoms with Crippen LogP contribution in [0, 0.1) is 0 Å². The van der Waals surface area contributed by atoms with E-state index in [0.717, 1.165) is 11.1 Å². The lowest BCUT2D eigenvalue weighted by Gasteiger charge is -2.13. The van der Waals surface area contributed by atoms with E-state index in [1.807, 2.05) is 18.2 Å². The van der Waals surface area contributed by atoms with Crippen LogP contribution >= 0.6 is 34.8 Å². The molecule has 2 aromatic rings. The maximum atomic E-state index is 6.18. The zero-order valence-corrected chi connectivity index (χ0v) is 13.0. The molecule has 5 heteroatoms. The van der Waals surface area contributed by atoms with Crippen molar-refractivity contribution in [3.63, 3.8) is 0 Å². The number of halogens is 3. The third-order valence-corrected chi connectivity index (χ3v) is 3.73. The van der Waals surface area contributed by atoms with E-state index in [1.54, 1.807) is 18.2 Å². The molecule has 106 valence electrons. The van der Waals surface area contributed by atoms with Crippen molar-refractivity contribution < 1.29 is 4.74 Å². The summed E-state index contributed by atoms with van der Waals surface area (Å²) in [5.41, 5.74) is 7.44. The summed E-state index contributed by atoms with van der Waals surface area (Å²) in [6.07, 6.45) is 0.713. The molecule has 0 saturated carbocycles. The van der Waals surface area contributed by atoms with Crippen LogP contribution in [0.4, 0.5) is 0 Å². The van der Waals surface area contributed by atoms with E-state index in [-0.39, 0.29) is 0 Å². The van der Waals surface area contributed by atoms with Gasteiger partial charge in [0.15, 0.2) is 0 Å². The summed E-state index contributed by atoms with van der Waals surface area (Å²) in [4.78, 5) is 0. The maximum Gasteiger partial charge on any atom is 0.141 e. The standard InChI is InChI=1S/C15H14Cl3NO/c16-12-5-4-11(14(18)8-12)9-20-15-10(6-7-19)2-1-3-13(15)17/h1-5,8H,6-7,9,19H2. The average molecular weight is 331 g/mol. The highest BCUT2D eigenvalue weighted by Gasteiger charge is 2.09. The molecule has 2 N–H and O–H groups in total. The van der Waals surface area contributed by atoms with Crippen molar-refractivity contribution in [2.45, 2.75) is 13.0 Å². The average Bonchev–Trinajstić information content (AvgIpc) is 2.40. The molecule has 0 unspecified atom stereocenters. The SMILES string of the molecule is NCCc1cccc(Cl)c1OCc1ccc(Cl)cc1Cl. The van der Waals surface area contributed by atoms with Crippen LogP contribution in [0.15, 0.2) is 36.4 Å². The van der Waals surface area contributed by atoms with Gasteiger partial charge in [-0.05, 0) is 36.7 Å². The van der Waals surface area contributed by atoms with Crippen molar-refractivity contribution in [2.75, 3.05) is 6.54 Å². The maximum absolute atomic E-state index is 6.18. The highest BCUT2D eigenvalue weighted by atomic mass is 35.5. The first-order chi connectivity index (χ1) is 9.61. The van der Waals surface area contributed by atoms with Crippen molar-refractivity contribution in [2.24, 2.45) is 5.73 Å². The summed E-state index contributed by atoms with van der Waals surface area (Å²) in [7, 11) is 0. The number of rotatable bonds is 5. The van der Waals surface area contributed by atoms with E-state index in [4.69, 9.17) is 45.3 Å². The van der Waals surface area contributed by atoms with E-state index >= 15 is 0 Å². The van der Waals surface area contributed by atoms with Crippen LogP contribution in [-0.2, 0) is 13.0 Å². The summed E-state index contributed by atoms with van der Waals surface area (Å²) >= 11 is 18.2. The molecule has 0 heterocycles. The van der Waals surface area contributed by atoms with Crippen LogP contribution in [0.3, 0.4) is 0 Å². The molecule has 0 radical (unpaired) electrons. The Balaban J connectivity index is 2.18. The molecule has 0 aliphatic rings. The van der Waals surface area contributed by atoms with Crippen LogP contribution in [0.5, 0.6) is 5.75 Å². The van der Waals surface area contributed by atoms with Gasteiger partial charge in [0, 0.05) is 15.6 Å². The van der Waals surface area contributed by atoms with Crippen LogP contribution in [-0.4, -0.2) is 6.54 Å². The number of nitrogens with two attached hydrogens (primary N) is 1. The van der Waals surface area contributed by atoms with Crippen molar-refractivity contribution >= 4 is 34.8 Å². The Kier molecular flexibility index (Phi) is 5.55. The minimum atomic E-state index is 0.331. The molecule has 0 amide bonds. The first kappa shape index (κ1) is 15.5. The Morgan fingerprint density at radius 3 is 2.45 bits per heavy atom. The number of benzene rings is 2. The summed E-state index contributed by atoms with van der Waals surface area (Å²) in [5.74, 6) is 0.658. The van der Waals surface area contributed by atoms with E-state index in [0.29, 0.717) is 40.4 Å². The van der Waals surface area contributed by atoms with Gasteiger partial charge in [0.2, 0.25) is 0 Å². The number of hydrogen-bond donors (Lipinski definition) is 1. The van der Waals surface area contributed by atoms with E-state index in [9.17, 15) is 0 Å². The van der Waals surface area contributed by atoms with Gasteiger partial charge in [0.05, 0.1) is 5.02 Å². The Hall–Kier alpha value is -0.930. The number of hydrogen-bond acceptors (Lipinski definition) is 2. The monoisotopic (exact) mass is 329 g/mol. The van der Waals surface area contributed by atoms with Crippen LogP contribution < -0.4 is 10.5 Å². The van der Waals surface area contributed by atoms with Crippen LogP contribution in [0.25, 0.3) is 0 Å². The normalized spacial score (nSPS) is 10.6. The highest BCUT2D eigenvalue weighted by Crippen LogP contribution is 2.30. The van der Waals surface area contributed by atoms with Crippen LogP contribution in [0.1, 0.15) is 11.1 Å². The fourth-order valence-electron chi connectivity index (χ4n) is 1.86. The number of ether oxygens (including phenoxy) is 1. The van der Waals surface area contributed by atoms with Gasteiger partial charge in [-0.25, -0.2) is 0 Å². The Bertz CT molecular complexity index is 602. The van der Waals surface area contributed by atoms with Crippen LogP contribution in [0.2, 0.25) is 15.1 Å².